The van der Waals surface area contributed by atoms with Gasteiger partial charge in [-0.2, -0.15) is 0 Å². The van der Waals surface area contributed by atoms with Gasteiger partial charge in [-0.1, -0.05) is 50.2 Å². The summed E-state index contributed by atoms with van der Waals surface area (Å²) in [5.41, 5.74) is 3.88. The van der Waals surface area contributed by atoms with E-state index >= 15 is 0 Å². The molecular formula is C29H33N3O3. The second-order valence-electron chi connectivity index (χ2n) is 8.80. The third kappa shape index (κ3) is 6.01. The van der Waals surface area contributed by atoms with Crippen LogP contribution in [-0.2, 0) is 13.0 Å². The molecule has 3 aromatic carbocycles. The van der Waals surface area contributed by atoms with E-state index in [9.17, 15) is 4.79 Å². The lowest BCUT2D eigenvalue weighted by atomic mass is 10.0. The van der Waals surface area contributed by atoms with E-state index in [1.165, 1.54) is 5.56 Å². The van der Waals surface area contributed by atoms with Crippen molar-refractivity contribution in [1.29, 1.82) is 0 Å². The van der Waals surface area contributed by atoms with Gasteiger partial charge in [-0.15, -0.1) is 0 Å². The zero-order chi connectivity index (χ0) is 24.6. The molecule has 0 saturated carbocycles. The number of methoxy groups -OCH3 is 1. The van der Waals surface area contributed by atoms with Crippen molar-refractivity contribution in [3.8, 4) is 11.5 Å². The molecular weight excluding hydrogens is 438 g/mol. The number of fused-ring (bicyclic) bond motifs is 1. The van der Waals surface area contributed by atoms with Gasteiger partial charge < -0.3 is 19.4 Å². The Morgan fingerprint density at radius 1 is 1.03 bits per heavy atom. The van der Waals surface area contributed by atoms with Crippen molar-refractivity contribution < 1.29 is 14.3 Å². The van der Waals surface area contributed by atoms with Gasteiger partial charge in [0.05, 0.1) is 24.8 Å². The molecule has 35 heavy (non-hydrogen) atoms. The van der Waals surface area contributed by atoms with Crippen LogP contribution in [0, 0.1) is 0 Å². The summed E-state index contributed by atoms with van der Waals surface area (Å²) in [6, 6.07) is 23.5. The van der Waals surface area contributed by atoms with Crippen LogP contribution >= 0.6 is 0 Å². The Morgan fingerprint density at radius 3 is 2.66 bits per heavy atom. The van der Waals surface area contributed by atoms with Gasteiger partial charge in [-0.25, -0.2) is 4.98 Å². The molecule has 0 unspecified atom stereocenters. The standard InChI is InChI=1S/C29H33N3O3/c1-21(2)24-12-4-7-15-27(24)35-19-9-18-32-26-14-6-5-13-25(26)31-28(32)16-17-30-29(33)22-10-8-11-23(20-22)34-3/h4-8,10-15,20-21H,9,16-19H2,1-3H3,(H,30,33). The first-order valence-corrected chi connectivity index (χ1v) is 12.1. The van der Waals surface area contributed by atoms with Crippen LogP contribution in [0.2, 0.25) is 0 Å². The average Bonchev–Trinajstić information content (AvgIpc) is 3.24. The van der Waals surface area contributed by atoms with E-state index in [1.807, 2.05) is 42.5 Å². The van der Waals surface area contributed by atoms with Gasteiger partial charge in [-0.3, -0.25) is 4.79 Å². The molecule has 0 saturated heterocycles. The molecule has 6 heteroatoms. The van der Waals surface area contributed by atoms with Crippen LogP contribution < -0.4 is 14.8 Å². The molecule has 0 aliphatic heterocycles. The molecule has 0 atom stereocenters. The van der Waals surface area contributed by atoms with Crippen molar-refractivity contribution in [3.63, 3.8) is 0 Å². The lowest BCUT2D eigenvalue weighted by Crippen LogP contribution is -2.26. The average molecular weight is 472 g/mol. The molecule has 0 radical (unpaired) electrons. The number of carbonyl (C=O) groups is 1. The number of amides is 1. The minimum absolute atomic E-state index is 0.122. The number of imidazole rings is 1. The number of aromatic nitrogens is 2. The molecule has 6 nitrogen and oxygen atoms in total. The number of hydrogen-bond acceptors (Lipinski definition) is 4. The van der Waals surface area contributed by atoms with Gasteiger partial charge in [0.25, 0.3) is 5.91 Å². The smallest absolute Gasteiger partial charge is 0.251 e. The maximum Gasteiger partial charge on any atom is 0.251 e. The Balaban J connectivity index is 1.38. The van der Waals surface area contributed by atoms with E-state index in [-0.39, 0.29) is 5.91 Å². The van der Waals surface area contributed by atoms with Crippen molar-refractivity contribution in [2.45, 2.75) is 39.2 Å². The van der Waals surface area contributed by atoms with Crippen LogP contribution in [0.1, 0.15) is 47.9 Å². The summed E-state index contributed by atoms with van der Waals surface area (Å²) >= 11 is 0. The Kier molecular flexibility index (Phi) is 8.03. The van der Waals surface area contributed by atoms with Gasteiger partial charge in [-0.05, 0) is 54.3 Å². The lowest BCUT2D eigenvalue weighted by molar-refractivity contribution is 0.0953. The van der Waals surface area contributed by atoms with E-state index in [1.54, 1.807) is 19.2 Å². The van der Waals surface area contributed by atoms with E-state index in [0.29, 0.717) is 36.8 Å². The minimum Gasteiger partial charge on any atom is -0.497 e. The SMILES string of the molecule is COc1cccc(C(=O)NCCc2nc3ccccc3n2CCCOc2ccccc2C(C)C)c1. The number of para-hydroxylation sites is 3. The highest BCUT2D eigenvalue weighted by Crippen LogP contribution is 2.26. The highest BCUT2D eigenvalue weighted by molar-refractivity contribution is 5.94. The largest absolute Gasteiger partial charge is 0.497 e. The molecule has 1 heterocycles. The van der Waals surface area contributed by atoms with E-state index < -0.39 is 0 Å². The molecule has 182 valence electrons. The quantitative estimate of drug-likeness (QED) is 0.289. The van der Waals surface area contributed by atoms with Gasteiger partial charge in [0.1, 0.15) is 17.3 Å². The van der Waals surface area contributed by atoms with Crippen molar-refractivity contribution in [2.24, 2.45) is 0 Å². The minimum atomic E-state index is -0.122. The number of aryl methyl sites for hydroxylation is 1. The zero-order valence-electron chi connectivity index (χ0n) is 20.7. The molecule has 4 aromatic rings. The highest BCUT2D eigenvalue weighted by atomic mass is 16.5. The van der Waals surface area contributed by atoms with Crippen LogP contribution in [0.15, 0.2) is 72.8 Å². The molecule has 0 fully saturated rings. The fourth-order valence-corrected chi connectivity index (χ4v) is 4.21. The maximum absolute atomic E-state index is 12.6. The third-order valence-electron chi connectivity index (χ3n) is 6.02. The first kappa shape index (κ1) is 24.3. The number of rotatable bonds is 11. The molecule has 1 amide bonds. The fourth-order valence-electron chi connectivity index (χ4n) is 4.21. The van der Waals surface area contributed by atoms with Crippen molar-refractivity contribution >= 4 is 16.9 Å². The van der Waals surface area contributed by atoms with Crippen LogP contribution in [0.3, 0.4) is 0 Å². The molecule has 1 N–H and O–H groups in total. The first-order chi connectivity index (χ1) is 17.1. The van der Waals surface area contributed by atoms with E-state index in [4.69, 9.17) is 14.5 Å². The van der Waals surface area contributed by atoms with Crippen molar-refractivity contribution in [3.05, 3.63) is 89.7 Å². The first-order valence-electron chi connectivity index (χ1n) is 12.1. The van der Waals surface area contributed by atoms with Gasteiger partial charge in [0, 0.05) is 25.1 Å². The Bertz CT molecular complexity index is 1280. The molecule has 0 aliphatic carbocycles. The van der Waals surface area contributed by atoms with E-state index in [0.717, 1.165) is 35.6 Å². The maximum atomic E-state index is 12.6. The number of carbonyl (C=O) groups excluding carboxylic acids is 1. The summed E-state index contributed by atoms with van der Waals surface area (Å²) in [6.07, 6.45) is 1.50. The van der Waals surface area contributed by atoms with Crippen LogP contribution in [0.25, 0.3) is 11.0 Å². The summed E-state index contributed by atoms with van der Waals surface area (Å²) in [7, 11) is 1.59. The zero-order valence-corrected chi connectivity index (χ0v) is 20.7. The van der Waals surface area contributed by atoms with Crippen molar-refractivity contribution in [2.75, 3.05) is 20.3 Å². The Hall–Kier alpha value is -3.80. The number of hydrogen-bond donors (Lipinski definition) is 1. The monoisotopic (exact) mass is 471 g/mol. The normalized spacial score (nSPS) is 11.1. The predicted molar refractivity (Wildman–Crippen MR) is 139 cm³/mol. The summed E-state index contributed by atoms with van der Waals surface area (Å²) in [4.78, 5) is 17.4. The van der Waals surface area contributed by atoms with Crippen LogP contribution in [0.4, 0.5) is 0 Å². The number of ether oxygens (including phenoxy) is 2. The van der Waals surface area contributed by atoms with Crippen LogP contribution in [0.5, 0.6) is 11.5 Å². The predicted octanol–water partition coefficient (Wildman–Crippen LogP) is 5.61. The molecule has 0 bridgehead atoms. The lowest BCUT2D eigenvalue weighted by Gasteiger charge is -2.14. The van der Waals surface area contributed by atoms with Gasteiger partial charge in [0.15, 0.2) is 0 Å². The van der Waals surface area contributed by atoms with E-state index in [2.05, 4.69) is 41.9 Å². The van der Waals surface area contributed by atoms with Crippen molar-refractivity contribution in [1.82, 2.24) is 14.9 Å². The fraction of sp³-hybridized carbons (Fsp3) is 0.310. The molecule has 0 spiro atoms. The summed E-state index contributed by atoms with van der Waals surface area (Å²) in [5.74, 6) is 2.88. The van der Waals surface area contributed by atoms with Gasteiger partial charge in [0.2, 0.25) is 0 Å². The third-order valence-corrected chi connectivity index (χ3v) is 6.02. The number of nitrogens with zero attached hydrogens (tertiary/aromatic N) is 2. The second-order valence-corrected chi connectivity index (χ2v) is 8.80. The summed E-state index contributed by atoms with van der Waals surface area (Å²) < 4.78 is 13.6. The second kappa shape index (κ2) is 11.6. The van der Waals surface area contributed by atoms with Gasteiger partial charge >= 0.3 is 0 Å². The number of benzene rings is 3. The highest BCUT2D eigenvalue weighted by Gasteiger charge is 2.12. The molecule has 0 aliphatic rings. The summed E-state index contributed by atoms with van der Waals surface area (Å²) in [5, 5.41) is 3.00. The Morgan fingerprint density at radius 2 is 1.83 bits per heavy atom. The molecule has 4 rings (SSSR count). The summed E-state index contributed by atoms with van der Waals surface area (Å²) in [6.45, 7) is 6.28. The topological polar surface area (TPSA) is 65.4 Å². The number of nitrogens with one attached hydrogen (secondary N) is 1. The van der Waals surface area contributed by atoms with Crippen LogP contribution in [-0.4, -0.2) is 35.7 Å². The Labute approximate surface area is 206 Å². The molecule has 1 aromatic heterocycles.